The number of fused-ring (bicyclic) bond motifs is 5. The molecule has 0 radical (unpaired) electrons. The molecule has 6 N–H and O–H groups in total. The molecule has 278 valence electrons. The minimum Gasteiger partial charge on any atom is -0.459 e. The number of aliphatic hydroxyl groups excluding tert-OH is 2. The van der Waals surface area contributed by atoms with Crippen molar-refractivity contribution in [2.24, 2.45) is 46.8 Å². The molecular formula is C37H59NO11. The molecule has 49 heavy (non-hydrogen) atoms. The summed E-state index contributed by atoms with van der Waals surface area (Å²) in [5, 5.41) is 73.3. The van der Waals surface area contributed by atoms with E-state index in [1.165, 1.54) is 6.92 Å². The molecule has 0 aromatic carbocycles. The molecule has 4 bridgehead atoms. The maximum atomic E-state index is 13.5. The van der Waals surface area contributed by atoms with Gasteiger partial charge in [0.2, 0.25) is 5.79 Å². The van der Waals surface area contributed by atoms with Crippen LogP contribution in [0.3, 0.4) is 0 Å². The first-order valence-corrected chi connectivity index (χ1v) is 18.9. The van der Waals surface area contributed by atoms with Crippen molar-refractivity contribution in [1.82, 2.24) is 4.90 Å². The van der Waals surface area contributed by atoms with E-state index in [2.05, 4.69) is 11.8 Å². The van der Waals surface area contributed by atoms with E-state index in [0.717, 1.165) is 19.4 Å². The second kappa shape index (κ2) is 11.3. The summed E-state index contributed by atoms with van der Waals surface area (Å²) in [4.78, 5) is 28.8. The number of carbonyl (C=O) groups is 2. The minimum absolute atomic E-state index is 0.0221. The number of rotatable bonds is 6. The third-order valence-electron chi connectivity index (χ3n) is 15.4. The number of esters is 2. The molecule has 12 heteroatoms. The van der Waals surface area contributed by atoms with Crippen LogP contribution in [0.4, 0.5) is 0 Å². The SMILES string of the molecule is CC[C@@H](C)C(=O)O[C@@H]1[C@H]2[C@@H](CN3C[C@@H](C)CC[C@H]3[C@@]2(C)O)[C@@H]2C[C@]34O[C@@]5(O)[C@@H](OC(=O)[C@@](C)(O)CC)CC[C@@]3(C)[C@@H]5C[C@@H](O)[C@H]4[C@]2(O)[C@H]1O. The molecule has 0 aromatic rings. The second-order valence-electron chi connectivity index (χ2n) is 18.0. The zero-order valence-corrected chi connectivity index (χ0v) is 30.2. The first-order valence-electron chi connectivity index (χ1n) is 18.9. The lowest BCUT2D eigenvalue weighted by Crippen LogP contribution is -2.77. The molecule has 0 unspecified atom stereocenters. The topological polar surface area (TPSA) is 186 Å². The van der Waals surface area contributed by atoms with Crippen molar-refractivity contribution in [3.63, 3.8) is 0 Å². The molecule has 12 nitrogen and oxygen atoms in total. The Kier molecular flexibility index (Phi) is 8.31. The average molecular weight is 694 g/mol. The van der Waals surface area contributed by atoms with Gasteiger partial charge in [0.05, 0.1) is 23.2 Å². The van der Waals surface area contributed by atoms with Crippen LogP contribution in [0.5, 0.6) is 0 Å². The van der Waals surface area contributed by atoms with Crippen LogP contribution in [-0.4, -0.2) is 119 Å². The predicted molar refractivity (Wildman–Crippen MR) is 174 cm³/mol. The molecule has 7 rings (SSSR count). The lowest BCUT2D eigenvalue weighted by Gasteiger charge is -2.64. The van der Waals surface area contributed by atoms with E-state index in [4.69, 9.17) is 14.2 Å². The second-order valence-corrected chi connectivity index (χ2v) is 18.0. The lowest BCUT2D eigenvalue weighted by atomic mass is 9.49. The van der Waals surface area contributed by atoms with Crippen molar-refractivity contribution < 1.29 is 54.4 Å². The van der Waals surface area contributed by atoms with Gasteiger partial charge in [0.15, 0.2) is 11.7 Å². The summed E-state index contributed by atoms with van der Waals surface area (Å²) in [5.41, 5.74) is -7.25. The molecule has 1 spiro atoms. The van der Waals surface area contributed by atoms with Gasteiger partial charge in [-0.2, -0.15) is 0 Å². The van der Waals surface area contributed by atoms with Gasteiger partial charge in [0, 0.05) is 42.3 Å². The molecule has 4 saturated carbocycles. The zero-order valence-electron chi connectivity index (χ0n) is 30.2. The highest BCUT2D eigenvalue weighted by molar-refractivity contribution is 5.78. The molecular weight excluding hydrogens is 634 g/mol. The monoisotopic (exact) mass is 693 g/mol. The number of hydrogen-bond donors (Lipinski definition) is 6. The maximum Gasteiger partial charge on any atom is 0.338 e. The van der Waals surface area contributed by atoms with Crippen molar-refractivity contribution >= 4 is 11.9 Å². The Hall–Kier alpha value is -1.38. The lowest BCUT2D eigenvalue weighted by molar-refractivity contribution is -0.299. The Morgan fingerprint density at radius 1 is 1.06 bits per heavy atom. The third kappa shape index (κ3) is 4.56. The van der Waals surface area contributed by atoms with Crippen LogP contribution >= 0.6 is 0 Å². The van der Waals surface area contributed by atoms with Gasteiger partial charge in [0.1, 0.15) is 17.8 Å². The highest BCUT2D eigenvalue weighted by Crippen LogP contribution is 2.77. The number of nitrogens with zero attached hydrogens (tertiary/aromatic N) is 1. The molecule has 0 aromatic heterocycles. The Morgan fingerprint density at radius 3 is 2.41 bits per heavy atom. The smallest absolute Gasteiger partial charge is 0.338 e. The Morgan fingerprint density at radius 2 is 1.76 bits per heavy atom. The number of piperidine rings is 2. The fourth-order valence-electron chi connectivity index (χ4n) is 12.4. The quantitative estimate of drug-likeness (QED) is 0.221. The predicted octanol–water partition coefficient (Wildman–Crippen LogP) is 1.49. The highest BCUT2D eigenvalue weighted by Gasteiger charge is 2.87. The fourth-order valence-corrected chi connectivity index (χ4v) is 12.4. The molecule has 3 saturated heterocycles. The highest BCUT2D eigenvalue weighted by atomic mass is 16.7. The summed E-state index contributed by atoms with van der Waals surface area (Å²) < 4.78 is 18.8. The van der Waals surface area contributed by atoms with Crippen LogP contribution in [0.15, 0.2) is 0 Å². The van der Waals surface area contributed by atoms with Crippen molar-refractivity contribution in [2.75, 3.05) is 13.1 Å². The summed E-state index contributed by atoms with van der Waals surface area (Å²) in [6.45, 7) is 13.9. The van der Waals surface area contributed by atoms with Gasteiger partial charge in [-0.1, -0.05) is 34.6 Å². The van der Waals surface area contributed by atoms with E-state index in [9.17, 15) is 40.2 Å². The molecule has 0 amide bonds. The van der Waals surface area contributed by atoms with E-state index in [1.807, 2.05) is 13.8 Å². The van der Waals surface area contributed by atoms with Crippen LogP contribution in [-0.2, 0) is 23.8 Å². The summed E-state index contributed by atoms with van der Waals surface area (Å²) in [6, 6.07) is -0.221. The van der Waals surface area contributed by atoms with Gasteiger partial charge in [-0.05, 0) is 83.0 Å². The van der Waals surface area contributed by atoms with Crippen molar-refractivity contribution in [3.05, 3.63) is 0 Å². The number of hydrogen-bond acceptors (Lipinski definition) is 12. The average Bonchev–Trinajstić information content (AvgIpc) is 3.32. The van der Waals surface area contributed by atoms with Gasteiger partial charge in [0.25, 0.3) is 0 Å². The van der Waals surface area contributed by atoms with E-state index >= 15 is 0 Å². The van der Waals surface area contributed by atoms with Crippen LogP contribution < -0.4 is 0 Å². The standard InChI is InChI=1S/C37H59NO11/c1-8-19(4)30(41)48-27-26-20(17-38-16-18(3)10-11-24(38)34(26,7)44)21-15-35-28(36(21,45)29(27)40)22(39)14-23-32(35,5)13-12-25(37(23,46)49-35)47-31(42)33(6,43)9-2/h18-29,39-40,43-46H,8-17H2,1-7H3/t18-,19+,20-,21-,22+,23-,24-,25-,26+,27+,28+,29-,32-,33-,34+,35+,36-,37+/m0/s1. The Balaban J connectivity index is 1.33. The molecule has 7 fully saturated rings. The third-order valence-corrected chi connectivity index (χ3v) is 15.4. The first-order chi connectivity index (χ1) is 22.7. The number of ether oxygens (including phenoxy) is 3. The summed E-state index contributed by atoms with van der Waals surface area (Å²) in [6.07, 6.45) is -2.02. The molecule has 4 aliphatic carbocycles. The minimum atomic E-state index is -2.01. The van der Waals surface area contributed by atoms with Gasteiger partial charge in [-0.15, -0.1) is 0 Å². The summed E-state index contributed by atoms with van der Waals surface area (Å²) >= 11 is 0. The van der Waals surface area contributed by atoms with E-state index in [-0.39, 0.29) is 31.7 Å². The number of aliphatic hydroxyl groups is 6. The fraction of sp³-hybridized carbons (Fsp3) is 0.946. The van der Waals surface area contributed by atoms with Crippen molar-refractivity contribution in [3.8, 4) is 0 Å². The first kappa shape index (κ1) is 36.0. The van der Waals surface area contributed by atoms with Crippen LogP contribution in [0.25, 0.3) is 0 Å². The molecule has 18 atom stereocenters. The van der Waals surface area contributed by atoms with Crippen molar-refractivity contribution in [2.45, 2.75) is 158 Å². The normalized spacial score (nSPS) is 54.8. The summed E-state index contributed by atoms with van der Waals surface area (Å²) in [7, 11) is 0. The van der Waals surface area contributed by atoms with Gasteiger partial charge in [-0.25, -0.2) is 4.79 Å². The molecule has 7 aliphatic rings. The van der Waals surface area contributed by atoms with Crippen LogP contribution in [0, 0.1) is 46.8 Å². The van der Waals surface area contributed by atoms with Crippen LogP contribution in [0.2, 0.25) is 0 Å². The van der Waals surface area contributed by atoms with Gasteiger partial charge >= 0.3 is 11.9 Å². The van der Waals surface area contributed by atoms with E-state index in [0.29, 0.717) is 25.3 Å². The van der Waals surface area contributed by atoms with Gasteiger partial charge in [-0.3, -0.25) is 9.69 Å². The Bertz CT molecular complexity index is 1360. The molecule has 3 heterocycles. The largest absolute Gasteiger partial charge is 0.459 e. The Labute approximate surface area is 289 Å². The van der Waals surface area contributed by atoms with E-state index in [1.54, 1.807) is 20.8 Å². The number of carbonyl (C=O) groups excluding carboxylic acids is 2. The van der Waals surface area contributed by atoms with E-state index < -0.39 is 105 Å². The maximum absolute atomic E-state index is 13.5. The van der Waals surface area contributed by atoms with Crippen LogP contribution in [0.1, 0.15) is 99.8 Å². The van der Waals surface area contributed by atoms with Crippen molar-refractivity contribution in [1.29, 1.82) is 0 Å². The molecule has 3 aliphatic heterocycles. The van der Waals surface area contributed by atoms with Gasteiger partial charge < -0.3 is 44.8 Å². The summed E-state index contributed by atoms with van der Waals surface area (Å²) in [5.74, 6) is -7.02. The zero-order chi connectivity index (χ0) is 35.9.